The first-order chi connectivity index (χ1) is 5.11. The van der Waals surface area contributed by atoms with E-state index in [2.05, 4.69) is 32.6 Å². The minimum atomic E-state index is 0.927. The quantitative estimate of drug-likeness (QED) is 0.718. The summed E-state index contributed by atoms with van der Waals surface area (Å²) < 4.78 is 0.951. The summed E-state index contributed by atoms with van der Waals surface area (Å²) in [5.74, 6) is 0.927. The maximum absolute atomic E-state index is 4.28. The Hall–Kier alpha value is -0.390. The molecule has 0 atom stereocenters. The standard InChI is InChI=1S/C7H10IN3/c1-5-4-9-7(11(2)3)6(8)10-5/h4H,1-3H3. The van der Waals surface area contributed by atoms with E-state index >= 15 is 0 Å². The molecule has 3 nitrogen and oxygen atoms in total. The first-order valence-corrected chi connectivity index (χ1v) is 4.35. The van der Waals surface area contributed by atoms with Crippen LogP contribution in [0, 0.1) is 10.6 Å². The second-order valence-corrected chi connectivity index (χ2v) is 3.54. The third-order valence-corrected chi connectivity index (χ3v) is 1.98. The molecule has 0 N–H and O–H groups in total. The molecule has 0 bridgehead atoms. The number of aromatic nitrogens is 2. The fourth-order valence-corrected chi connectivity index (χ4v) is 1.74. The second kappa shape index (κ2) is 3.34. The van der Waals surface area contributed by atoms with Gasteiger partial charge in [-0.2, -0.15) is 0 Å². The van der Waals surface area contributed by atoms with Crippen LogP contribution in [0.3, 0.4) is 0 Å². The second-order valence-electron chi connectivity index (χ2n) is 2.52. The predicted molar refractivity (Wildman–Crippen MR) is 53.8 cm³/mol. The first kappa shape index (κ1) is 8.70. The van der Waals surface area contributed by atoms with Crippen LogP contribution < -0.4 is 4.90 Å². The maximum atomic E-state index is 4.28. The van der Waals surface area contributed by atoms with E-state index in [9.17, 15) is 0 Å². The highest BCUT2D eigenvalue weighted by molar-refractivity contribution is 14.1. The molecular weight excluding hydrogens is 253 g/mol. The van der Waals surface area contributed by atoms with Crippen LogP contribution in [0.4, 0.5) is 5.82 Å². The van der Waals surface area contributed by atoms with Gasteiger partial charge < -0.3 is 4.90 Å². The lowest BCUT2D eigenvalue weighted by atomic mass is 10.5. The number of anilines is 1. The summed E-state index contributed by atoms with van der Waals surface area (Å²) in [5, 5.41) is 0. The normalized spacial score (nSPS) is 9.82. The molecule has 0 fully saturated rings. The van der Waals surface area contributed by atoms with Crippen LogP contribution in [0.25, 0.3) is 0 Å². The lowest BCUT2D eigenvalue weighted by Gasteiger charge is -2.11. The van der Waals surface area contributed by atoms with Gasteiger partial charge in [-0.05, 0) is 29.5 Å². The summed E-state index contributed by atoms with van der Waals surface area (Å²) in [6.45, 7) is 1.94. The summed E-state index contributed by atoms with van der Waals surface area (Å²) >= 11 is 2.19. The molecule has 0 radical (unpaired) electrons. The van der Waals surface area contributed by atoms with Crippen molar-refractivity contribution < 1.29 is 0 Å². The number of hydrogen-bond donors (Lipinski definition) is 0. The van der Waals surface area contributed by atoms with Crippen molar-refractivity contribution in [3.8, 4) is 0 Å². The van der Waals surface area contributed by atoms with Gasteiger partial charge in [-0.3, -0.25) is 0 Å². The van der Waals surface area contributed by atoms with E-state index in [4.69, 9.17) is 0 Å². The number of halogens is 1. The maximum Gasteiger partial charge on any atom is 0.160 e. The molecule has 1 rings (SSSR count). The van der Waals surface area contributed by atoms with Gasteiger partial charge in [0.25, 0.3) is 0 Å². The Kier molecular flexibility index (Phi) is 2.64. The molecule has 1 aromatic heterocycles. The predicted octanol–water partition coefficient (Wildman–Crippen LogP) is 1.46. The number of nitrogens with zero attached hydrogens (tertiary/aromatic N) is 3. The molecule has 0 saturated carbocycles. The van der Waals surface area contributed by atoms with Crippen LogP contribution in [0.1, 0.15) is 5.69 Å². The summed E-state index contributed by atoms with van der Waals surface area (Å²) in [4.78, 5) is 10.5. The Balaban J connectivity index is 3.09. The zero-order valence-electron chi connectivity index (χ0n) is 6.80. The molecule has 0 unspecified atom stereocenters. The third-order valence-electron chi connectivity index (χ3n) is 1.26. The van der Waals surface area contributed by atoms with Crippen LogP contribution in [0.2, 0.25) is 0 Å². The van der Waals surface area contributed by atoms with E-state index in [-0.39, 0.29) is 0 Å². The topological polar surface area (TPSA) is 29.0 Å². The smallest absolute Gasteiger partial charge is 0.160 e. The highest BCUT2D eigenvalue weighted by Gasteiger charge is 2.03. The van der Waals surface area contributed by atoms with Crippen molar-refractivity contribution in [1.29, 1.82) is 0 Å². The van der Waals surface area contributed by atoms with Crippen LogP contribution >= 0.6 is 22.6 Å². The van der Waals surface area contributed by atoms with Gasteiger partial charge in [0, 0.05) is 14.1 Å². The van der Waals surface area contributed by atoms with Crippen LogP contribution in [-0.4, -0.2) is 24.1 Å². The van der Waals surface area contributed by atoms with Gasteiger partial charge >= 0.3 is 0 Å². The van der Waals surface area contributed by atoms with Gasteiger partial charge in [0.2, 0.25) is 0 Å². The van der Waals surface area contributed by atoms with Gasteiger partial charge in [0.15, 0.2) is 5.82 Å². The molecule has 60 valence electrons. The SMILES string of the molecule is Cc1cnc(N(C)C)c(I)n1. The first-order valence-electron chi connectivity index (χ1n) is 3.27. The molecule has 1 heterocycles. The number of rotatable bonds is 1. The van der Waals surface area contributed by atoms with E-state index in [0.29, 0.717) is 0 Å². The zero-order valence-corrected chi connectivity index (χ0v) is 8.95. The lowest BCUT2D eigenvalue weighted by molar-refractivity contribution is 0.997. The van der Waals surface area contributed by atoms with Crippen molar-refractivity contribution in [2.24, 2.45) is 0 Å². The molecule has 0 amide bonds. The van der Waals surface area contributed by atoms with Gasteiger partial charge in [0.05, 0.1) is 11.9 Å². The average molecular weight is 263 g/mol. The van der Waals surface area contributed by atoms with Crippen molar-refractivity contribution >= 4 is 28.4 Å². The van der Waals surface area contributed by atoms with Gasteiger partial charge in [-0.1, -0.05) is 0 Å². The summed E-state index contributed by atoms with van der Waals surface area (Å²) in [7, 11) is 3.92. The molecule has 0 saturated heterocycles. The van der Waals surface area contributed by atoms with Crippen molar-refractivity contribution in [2.45, 2.75) is 6.92 Å². The van der Waals surface area contributed by atoms with Crippen molar-refractivity contribution in [3.05, 3.63) is 15.6 Å². The summed E-state index contributed by atoms with van der Waals surface area (Å²) in [6.07, 6.45) is 1.78. The highest BCUT2D eigenvalue weighted by Crippen LogP contribution is 2.14. The summed E-state index contributed by atoms with van der Waals surface area (Å²) in [6, 6.07) is 0. The minimum absolute atomic E-state index is 0.927. The van der Waals surface area contributed by atoms with E-state index < -0.39 is 0 Å². The Morgan fingerprint density at radius 3 is 2.55 bits per heavy atom. The van der Waals surface area contributed by atoms with Gasteiger partial charge in [-0.15, -0.1) is 0 Å². The van der Waals surface area contributed by atoms with E-state index in [0.717, 1.165) is 15.2 Å². The Labute approximate surface area is 80.0 Å². The third kappa shape index (κ3) is 2.02. The van der Waals surface area contributed by atoms with Crippen molar-refractivity contribution in [1.82, 2.24) is 9.97 Å². The van der Waals surface area contributed by atoms with Gasteiger partial charge in [0.1, 0.15) is 3.70 Å². The molecule has 0 aromatic carbocycles. The number of aryl methyl sites for hydroxylation is 1. The Morgan fingerprint density at radius 2 is 2.09 bits per heavy atom. The molecule has 1 aromatic rings. The van der Waals surface area contributed by atoms with E-state index in [1.165, 1.54) is 0 Å². The molecule has 0 spiro atoms. The molecule has 4 heteroatoms. The van der Waals surface area contributed by atoms with Crippen LogP contribution in [-0.2, 0) is 0 Å². The molecule has 0 aliphatic heterocycles. The van der Waals surface area contributed by atoms with Gasteiger partial charge in [-0.25, -0.2) is 9.97 Å². The van der Waals surface area contributed by atoms with E-state index in [1.54, 1.807) is 6.20 Å². The fraction of sp³-hybridized carbons (Fsp3) is 0.429. The number of hydrogen-bond acceptors (Lipinski definition) is 3. The molecular formula is C7H10IN3. The van der Waals surface area contributed by atoms with E-state index in [1.807, 2.05) is 25.9 Å². The molecule has 0 aliphatic carbocycles. The van der Waals surface area contributed by atoms with Crippen LogP contribution in [0.5, 0.6) is 0 Å². The lowest BCUT2D eigenvalue weighted by Crippen LogP contribution is -2.13. The molecule has 0 aliphatic rings. The fourth-order valence-electron chi connectivity index (χ4n) is 0.742. The largest absolute Gasteiger partial charge is 0.361 e. The molecule has 11 heavy (non-hydrogen) atoms. The van der Waals surface area contributed by atoms with Crippen LogP contribution in [0.15, 0.2) is 6.20 Å². The summed E-state index contributed by atoms with van der Waals surface area (Å²) in [5.41, 5.74) is 0.958. The Bertz CT molecular complexity index is 260. The highest BCUT2D eigenvalue weighted by atomic mass is 127. The van der Waals surface area contributed by atoms with Crippen molar-refractivity contribution in [3.63, 3.8) is 0 Å². The monoisotopic (exact) mass is 263 g/mol. The van der Waals surface area contributed by atoms with Crippen molar-refractivity contribution in [2.75, 3.05) is 19.0 Å². The average Bonchev–Trinajstić information content (AvgIpc) is 1.85. The zero-order chi connectivity index (χ0) is 8.43. The Morgan fingerprint density at radius 1 is 1.45 bits per heavy atom. The minimum Gasteiger partial charge on any atom is -0.361 e.